The van der Waals surface area contributed by atoms with Gasteiger partial charge >= 0.3 is 5.97 Å². The van der Waals surface area contributed by atoms with Crippen LogP contribution in [-0.2, 0) is 5.54 Å². The Morgan fingerprint density at radius 2 is 1.50 bits per heavy atom. The molecule has 0 saturated heterocycles. The zero-order valence-electron chi connectivity index (χ0n) is 24.7. The largest absolute Gasteiger partial charge is 0.497 e. The smallest absolute Gasteiger partial charge is 0.343 e. The molecule has 1 aliphatic heterocycles. The highest BCUT2D eigenvalue weighted by Crippen LogP contribution is 2.52. The standard InChI is InChI=1S/C38H33NO5/c1-24(40)26-6-5-7-28(22-26)37(42)44-33-18-14-31(15-19-33)38(30-12-16-32(43-2)17-13-30)35-9-4-3-8-34(35)36(41)39(38)23-29-21-25-10-11-27(29)20-25/h3-19,22,25,27,29H,20-21,23H2,1-2H3. The van der Waals surface area contributed by atoms with Crippen LogP contribution in [-0.4, -0.2) is 36.2 Å². The minimum atomic E-state index is -0.885. The van der Waals surface area contributed by atoms with Gasteiger partial charge in [0.05, 0.1) is 12.7 Å². The first kappa shape index (κ1) is 27.8. The molecule has 0 radical (unpaired) electrons. The SMILES string of the molecule is COc1ccc(C2(c3ccc(OC(=O)c4cccc(C(C)=O)c4)cc3)c3ccccc3C(=O)N2CC2CC3C=CC2C3)cc1. The summed E-state index contributed by atoms with van der Waals surface area (Å²) in [7, 11) is 1.64. The zero-order chi connectivity index (χ0) is 30.4. The average molecular weight is 584 g/mol. The van der Waals surface area contributed by atoms with E-state index in [0.29, 0.717) is 46.7 Å². The van der Waals surface area contributed by atoms with E-state index in [-0.39, 0.29) is 11.7 Å². The lowest BCUT2D eigenvalue weighted by atomic mass is 9.76. The molecule has 1 heterocycles. The predicted octanol–water partition coefficient (Wildman–Crippen LogP) is 7.08. The second-order valence-corrected chi connectivity index (χ2v) is 12.0. The van der Waals surface area contributed by atoms with E-state index in [1.165, 1.54) is 6.92 Å². The molecule has 2 bridgehead atoms. The maximum absolute atomic E-state index is 14.3. The Balaban J connectivity index is 1.31. The number of hydrogen-bond donors (Lipinski definition) is 0. The van der Waals surface area contributed by atoms with Gasteiger partial charge in [-0.2, -0.15) is 0 Å². The van der Waals surface area contributed by atoms with Gasteiger partial charge in [-0.3, -0.25) is 9.59 Å². The van der Waals surface area contributed by atoms with E-state index in [1.54, 1.807) is 43.5 Å². The fourth-order valence-electron chi connectivity index (χ4n) is 7.40. The van der Waals surface area contributed by atoms with Crippen LogP contribution < -0.4 is 9.47 Å². The summed E-state index contributed by atoms with van der Waals surface area (Å²) in [6, 6.07) is 29.8. The number of amides is 1. The second-order valence-electron chi connectivity index (χ2n) is 12.0. The third-order valence-electron chi connectivity index (χ3n) is 9.53. The number of rotatable bonds is 8. The van der Waals surface area contributed by atoms with Gasteiger partial charge in [-0.05, 0) is 96.7 Å². The number of carbonyl (C=O) groups is 3. The van der Waals surface area contributed by atoms with Crippen LogP contribution in [0.2, 0.25) is 0 Å². The molecule has 7 rings (SSSR count). The van der Waals surface area contributed by atoms with Crippen LogP contribution >= 0.6 is 0 Å². The van der Waals surface area contributed by atoms with Crippen molar-refractivity contribution in [2.45, 2.75) is 25.3 Å². The Kier molecular flexibility index (Phi) is 6.92. The van der Waals surface area contributed by atoms with Gasteiger partial charge in [0.25, 0.3) is 5.91 Å². The fourth-order valence-corrected chi connectivity index (χ4v) is 7.40. The van der Waals surface area contributed by atoms with E-state index in [9.17, 15) is 14.4 Å². The quantitative estimate of drug-likeness (QED) is 0.0960. The summed E-state index contributed by atoms with van der Waals surface area (Å²) in [6.07, 6.45) is 6.90. The van der Waals surface area contributed by atoms with Gasteiger partial charge in [0.1, 0.15) is 17.0 Å². The molecule has 1 fully saturated rings. The lowest BCUT2D eigenvalue weighted by Crippen LogP contribution is -2.48. The minimum Gasteiger partial charge on any atom is -0.497 e. The highest BCUT2D eigenvalue weighted by molar-refractivity contribution is 6.02. The molecule has 4 atom stereocenters. The van der Waals surface area contributed by atoms with Crippen molar-refractivity contribution in [3.63, 3.8) is 0 Å². The average Bonchev–Trinajstić information content (AvgIpc) is 3.75. The number of ketones is 1. The zero-order valence-corrected chi connectivity index (χ0v) is 24.7. The van der Waals surface area contributed by atoms with Crippen molar-refractivity contribution in [3.05, 3.63) is 143 Å². The molecule has 4 unspecified atom stereocenters. The molecular formula is C38H33NO5. The monoisotopic (exact) mass is 583 g/mol. The molecule has 220 valence electrons. The summed E-state index contributed by atoms with van der Waals surface area (Å²) < 4.78 is 11.2. The van der Waals surface area contributed by atoms with Crippen molar-refractivity contribution in [2.24, 2.45) is 17.8 Å². The Bertz CT molecular complexity index is 1790. The molecule has 1 amide bonds. The predicted molar refractivity (Wildman–Crippen MR) is 167 cm³/mol. The summed E-state index contributed by atoms with van der Waals surface area (Å²) >= 11 is 0. The van der Waals surface area contributed by atoms with Crippen LogP contribution in [0.15, 0.2) is 109 Å². The first-order valence-corrected chi connectivity index (χ1v) is 15.1. The number of methoxy groups -OCH3 is 1. The summed E-state index contributed by atoms with van der Waals surface area (Å²) in [5, 5.41) is 0. The summed E-state index contributed by atoms with van der Waals surface area (Å²) in [5.41, 5.74) is 3.36. The first-order chi connectivity index (χ1) is 21.4. The number of esters is 1. The lowest BCUT2D eigenvalue weighted by molar-refractivity contribution is 0.0622. The maximum atomic E-state index is 14.3. The van der Waals surface area contributed by atoms with E-state index in [4.69, 9.17) is 9.47 Å². The molecular weight excluding hydrogens is 550 g/mol. The van der Waals surface area contributed by atoms with Gasteiger partial charge < -0.3 is 14.4 Å². The Labute approximate surface area is 256 Å². The van der Waals surface area contributed by atoms with Crippen LogP contribution in [0.3, 0.4) is 0 Å². The van der Waals surface area contributed by atoms with Crippen molar-refractivity contribution >= 4 is 17.7 Å². The van der Waals surface area contributed by atoms with Crippen LogP contribution in [0, 0.1) is 17.8 Å². The van der Waals surface area contributed by atoms with Gasteiger partial charge in [-0.15, -0.1) is 0 Å². The van der Waals surface area contributed by atoms with Crippen LogP contribution in [0.4, 0.5) is 0 Å². The summed E-state index contributed by atoms with van der Waals surface area (Å²) in [6.45, 7) is 2.10. The molecule has 0 N–H and O–H groups in total. The van der Waals surface area contributed by atoms with Crippen molar-refractivity contribution in [1.82, 2.24) is 4.90 Å². The number of benzene rings is 4. The van der Waals surface area contributed by atoms with Crippen molar-refractivity contribution in [2.75, 3.05) is 13.7 Å². The van der Waals surface area contributed by atoms with E-state index < -0.39 is 11.5 Å². The number of nitrogens with zero attached hydrogens (tertiary/aromatic N) is 1. The highest BCUT2D eigenvalue weighted by Gasteiger charge is 2.53. The van der Waals surface area contributed by atoms with E-state index >= 15 is 0 Å². The van der Waals surface area contributed by atoms with Crippen LogP contribution in [0.1, 0.15) is 67.5 Å². The van der Waals surface area contributed by atoms with Gasteiger partial charge in [0.15, 0.2) is 5.78 Å². The maximum Gasteiger partial charge on any atom is 0.343 e. The van der Waals surface area contributed by atoms with Gasteiger partial charge in [0, 0.05) is 17.7 Å². The molecule has 4 aromatic rings. The van der Waals surface area contributed by atoms with Crippen LogP contribution in [0.25, 0.3) is 0 Å². The summed E-state index contributed by atoms with van der Waals surface area (Å²) in [4.78, 5) is 41.2. The number of ether oxygens (including phenoxy) is 2. The molecule has 1 saturated carbocycles. The molecule has 4 aromatic carbocycles. The van der Waals surface area contributed by atoms with Crippen molar-refractivity contribution in [1.29, 1.82) is 0 Å². The van der Waals surface area contributed by atoms with Gasteiger partial charge in [0.2, 0.25) is 0 Å². The molecule has 0 spiro atoms. The summed E-state index contributed by atoms with van der Waals surface area (Å²) in [5.74, 6) is 1.92. The molecule has 0 aromatic heterocycles. The van der Waals surface area contributed by atoms with Crippen LogP contribution in [0.5, 0.6) is 11.5 Å². The van der Waals surface area contributed by atoms with Gasteiger partial charge in [-0.1, -0.05) is 66.7 Å². The van der Waals surface area contributed by atoms with E-state index in [1.807, 2.05) is 60.7 Å². The van der Waals surface area contributed by atoms with Crippen molar-refractivity contribution in [3.8, 4) is 11.5 Å². The third-order valence-corrected chi connectivity index (χ3v) is 9.53. The fraction of sp³-hybridized carbons (Fsp3) is 0.237. The molecule has 2 aliphatic carbocycles. The molecule has 44 heavy (non-hydrogen) atoms. The first-order valence-electron chi connectivity index (χ1n) is 15.1. The highest BCUT2D eigenvalue weighted by atomic mass is 16.5. The van der Waals surface area contributed by atoms with E-state index in [0.717, 1.165) is 35.3 Å². The second kappa shape index (κ2) is 10.9. The number of carbonyl (C=O) groups excluding carboxylic acids is 3. The minimum absolute atomic E-state index is 0.0176. The number of fused-ring (bicyclic) bond motifs is 3. The number of allylic oxidation sites excluding steroid dienone is 2. The Morgan fingerprint density at radius 1 is 0.818 bits per heavy atom. The van der Waals surface area contributed by atoms with E-state index in [2.05, 4.69) is 17.1 Å². The Hall–Kier alpha value is -4.97. The van der Waals surface area contributed by atoms with Gasteiger partial charge in [-0.25, -0.2) is 4.79 Å². The van der Waals surface area contributed by atoms with Crippen molar-refractivity contribution < 1.29 is 23.9 Å². The Morgan fingerprint density at radius 3 is 2.14 bits per heavy atom. The molecule has 3 aliphatic rings. The number of Topliss-reactive ketones (excluding diaryl/α,β-unsaturated/α-hetero) is 1. The topological polar surface area (TPSA) is 72.9 Å². The third kappa shape index (κ3) is 4.53. The lowest BCUT2D eigenvalue weighted by Gasteiger charge is -2.42. The number of hydrogen-bond acceptors (Lipinski definition) is 5. The molecule has 6 heteroatoms. The molecule has 6 nitrogen and oxygen atoms in total. The normalized spacial score (nSPS) is 23.1.